The van der Waals surface area contributed by atoms with Gasteiger partial charge in [0.1, 0.15) is 0 Å². The molecule has 1 nitrogen and oxygen atoms in total. The van der Waals surface area contributed by atoms with Crippen LogP contribution in [-0.4, -0.2) is 19.8 Å². The summed E-state index contributed by atoms with van der Waals surface area (Å²) in [7, 11) is -1.55. The number of alkyl halides is 1. The van der Waals surface area contributed by atoms with Crippen LogP contribution in [0.2, 0.25) is 18.1 Å². The fourth-order valence-electron chi connectivity index (χ4n) is 1.44. The maximum atomic E-state index is 6.31. The van der Waals surface area contributed by atoms with E-state index in [2.05, 4.69) is 56.7 Å². The number of unbranched alkanes of at least 4 members (excludes halogenated alkanes) is 2. The van der Waals surface area contributed by atoms with Crippen molar-refractivity contribution in [1.29, 1.82) is 0 Å². The van der Waals surface area contributed by atoms with Crippen molar-refractivity contribution in [2.45, 2.75) is 77.6 Å². The summed E-state index contributed by atoms with van der Waals surface area (Å²) in [6.45, 7) is 13.8. The molecule has 0 amide bonds. The van der Waals surface area contributed by atoms with E-state index in [0.29, 0.717) is 11.1 Å². The summed E-state index contributed by atoms with van der Waals surface area (Å²) in [5, 5.41) is 1.46. The van der Waals surface area contributed by atoms with E-state index in [-0.39, 0.29) is 0 Å². The van der Waals surface area contributed by atoms with Crippen molar-refractivity contribution in [2.24, 2.45) is 0 Å². The lowest BCUT2D eigenvalue weighted by molar-refractivity contribution is 0.185. The van der Waals surface area contributed by atoms with Crippen LogP contribution in [0.15, 0.2) is 0 Å². The Hall–Kier alpha value is 0.657. The highest BCUT2D eigenvalue weighted by molar-refractivity contribution is 9.09. The quantitative estimate of drug-likeness (QED) is 0.350. The molecule has 0 aliphatic carbocycles. The number of rotatable bonds is 7. The Morgan fingerprint density at radius 1 is 1.12 bits per heavy atom. The molecule has 0 aliphatic heterocycles. The van der Waals surface area contributed by atoms with Gasteiger partial charge in [-0.2, -0.15) is 0 Å². The molecule has 1 unspecified atom stereocenters. The second-order valence-corrected chi connectivity index (χ2v) is 11.8. The molecule has 0 aliphatic rings. The van der Waals surface area contributed by atoms with E-state index in [4.69, 9.17) is 4.43 Å². The summed E-state index contributed by atoms with van der Waals surface area (Å²) in [4.78, 5) is 0. The fourth-order valence-corrected chi connectivity index (χ4v) is 3.32. The van der Waals surface area contributed by atoms with E-state index in [1.165, 1.54) is 25.7 Å². The lowest BCUT2D eigenvalue weighted by Gasteiger charge is -2.38. The highest BCUT2D eigenvalue weighted by Gasteiger charge is 2.38. The Bertz CT molecular complexity index is 187. The molecule has 0 bridgehead atoms. The Morgan fingerprint density at radius 3 is 2.12 bits per heavy atom. The van der Waals surface area contributed by atoms with Crippen molar-refractivity contribution in [3.05, 3.63) is 0 Å². The average Bonchev–Trinajstić information content (AvgIpc) is 2.10. The third-order valence-corrected chi connectivity index (χ3v) is 8.71. The minimum absolute atomic E-state index is 0.330. The zero-order valence-electron chi connectivity index (χ0n) is 11.9. The van der Waals surface area contributed by atoms with Crippen molar-refractivity contribution in [1.82, 2.24) is 0 Å². The maximum absolute atomic E-state index is 6.31. The van der Waals surface area contributed by atoms with Gasteiger partial charge in [-0.05, 0) is 37.9 Å². The lowest BCUT2D eigenvalue weighted by Crippen LogP contribution is -2.43. The third kappa shape index (κ3) is 6.41. The molecule has 0 rings (SSSR count). The van der Waals surface area contributed by atoms with Crippen LogP contribution < -0.4 is 0 Å². The molecule has 0 aromatic carbocycles. The molecule has 16 heavy (non-hydrogen) atoms. The second-order valence-electron chi connectivity index (χ2n) is 6.23. The van der Waals surface area contributed by atoms with Crippen LogP contribution in [0.5, 0.6) is 0 Å². The van der Waals surface area contributed by atoms with Gasteiger partial charge in [-0.25, -0.2) is 0 Å². The van der Waals surface area contributed by atoms with Gasteiger partial charge in [-0.1, -0.05) is 49.5 Å². The van der Waals surface area contributed by atoms with Crippen molar-refractivity contribution in [3.63, 3.8) is 0 Å². The van der Waals surface area contributed by atoms with Crippen molar-refractivity contribution in [3.8, 4) is 0 Å². The molecule has 0 aromatic rings. The molecule has 98 valence electrons. The standard InChI is InChI=1S/C13H29BrOSi/c1-12(10-8-7-9-11-14)15-16(5,6)13(2,3)4/h12H,7-11H2,1-6H3. The highest BCUT2D eigenvalue weighted by atomic mass is 79.9. The molecular formula is C13H29BrOSi. The summed E-state index contributed by atoms with van der Waals surface area (Å²) in [6, 6.07) is 0. The topological polar surface area (TPSA) is 9.23 Å². The van der Waals surface area contributed by atoms with E-state index in [1.807, 2.05) is 0 Å². The summed E-state index contributed by atoms with van der Waals surface area (Å²) >= 11 is 3.47. The number of hydrogen-bond donors (Lipinski definition) is 0. The maximum Gasteiger partial charge on any atom is 0.192 e. The van der Waals surface area contributed by atoms with Crippen LogP contribution in [0.25, 0.3) is 0 Å². The van der Waals surface area contributed by atoms with E-state index in [9.17, 15) is 0 Å². The van der Waals surface area contributed by atoms with Crippen molar-refractivity contribution in [2.75, 3.05) is 5.33 Å². The highest BCUT2D eigenvalue weighted by Crippen LogP contribution is 2.37. The summed E-state index contributed by atoms with van der Waals surface area (Å²) in [5.74, 6) is 0. The van der Waals surface area contributed by atoms with Gasteiger partial charge in [0, 0.05) is 11.4 Å². The Balaban J connectivity index is 3.90. The third-order valence-electron chi connectivity index (χ3n) is 3.55. The predicted octanol–water partition coefficient (Wildman–Crippen LogP) is 5.35. The Labute approximate surface area is 112 Å². The lowest BCUT2D eigenvalue weighted by atomic mass is 10.1. The fraction of sp³-hybridized carbons (Fsp3) is 1.00. The molecule has 0 saturated carbocycles. The van der Waals surface area contributed by atoms with Gasteiger partial charge in [-0.15, -0.1) is 0 Å². The molecular weight excluding hydrogens is 280 g/mol. The molecule has 0 saturated heterocycles. The van der Waals surface area contributed by atoms with Gasteiger partial charge in [0.15, 0.2) is 8.32 Å². The molecule has 0 fully saturated rings. The molecule has 0 radical (unpaired) electrons. The normalized spacial score (nSPS) is 15.2. The van der Waals surface area contributed by atoms with Crippen LogP contribution in [-0.2, 0) is 4.43 Å². The Kier molecular flexibility index (Phi) is 7.47. The minimum Gasteiger partial charge on any atom is -0.414 e. The van der Waals surface area contributed by atoms with Crippen LogP contribution in [0, 0.1) is 0 Å². The van der Waals surface area contributed by atoms with Gasteiger partial charge in [0.05, 0.1) is 0 Å². The first-order chi connectivity index (χ1) is 7.20. The van der Waals surface area contributed by atoms with Gasteiger partial charge >= 0.3 is 0 Å². The molecule has 3 heteroatoms. The van der Waals surface area contributed by atoms with Crippen molar-refractivity contribution < 1.29 is 4.43 Å². The average molecular weight is 309 g/mol. The first kappa shape index (κ1) is 16.7. The van der Waals surface area contributed by atoms with E-state index in [0.717, 1.165) is 5.33 Å². The van der Waals surface area contributed by atoms with Crippen LogP contribution in [0.3, 0.4) is 0 Å². The monoisotopic (exact) mass is 308 g/mol. The zero-order chi connectivity index (χ0) is 12.8. The predicted molar refractivity (Wildman–Crippen MR) is 80.0 cm³/mol. The largest absolute Gasteiger partial charge is 0.414 e. The molecule has 0 heterocycles. The molecule has 0 spiro atoms. The van der Waals surface area contributed by atoms with Gasteiger partial charge in [0.25, 0.3) is 0 Å². The summed E-state index contributed by atoms with van der Waals surface area (Å²) in [5.41, 5.74) is 0. The molecule has 0 aromatic heterocycles. The zero-order valence-corrected chi connectivity index (χ0v) is 14.5. The Morgan fingerprint density at radius 2 is 1.69 bits per heavy atom. The first-order valence-corrected chi connectivity index (χ1v) is 10.5. The van der Waals surface area contributed by atoms with Crippen LogP contribution in [0.4, 0.5) is 0 Å². The number of hydrogen-bond acceptors (Lipinski definition) is 1. The number of halogens is 1. The molecule has 0 N–H and O–H groups in total. The SMILES string of the molecule is CC(CCCCCBr)O[Si](C)(C)C(C)(C)C. The first-order valence-electron chi connectivity index (χ1n) is 6.44. The smallest absolute Gasteiger partial charge is 0.192 e. The van der Waals surface area contributed by atoms with Gasteiger partial charge in [-0.3, -0.25) is 0 Å². The van der Waals surface area contributed by atoms with Crippen LogP contribution in [0.1, 0.15) is 53.4 Å². The van der Waals surface area contributed by atoms with Gasteiger partial charge in [0.2, 0.25) is 0 Å². The van der Waals surface area contributed by atoms with E-state index >= 15 is 0 Å². The van der Waals surface area contributed by atoms with E-state index < -0.39 is 8.32 Å². The van der Waals surface area contributed by atoms with Crippen molar-refractivity contribution >= 4 is 24.2 Å². The summed E-state index contributed by atoms with van der Waals surface area (Å²) < 4.78 is 6.31. The summed E-state index contributed by atoms with van der Waals surface area (Å²) in [6.07, 6.45) is 5.53. The molecule has 1 atom stereocenters. The minimum atomic E-state index is -1.55. The van der Waals surface area contributed by atoms with Crippen LogP contribution >= 0.6 is 15.9 Å². The van der Waals surface area contributed by atoms with E-state index in [1.54, 1.807) is 0 Å². The second kappa shape index (κ2) is 7.17. The van der Waals surface area contributed by atoms with Gasteiger partial charge < -0.3 is 4.43 Å².